The molecule has 0 unspecified atom stereocenters. The van der Waals surface area contributed by atoms with Gasteiger partial charge in [0.1, 0.15) is 0 Å². The lowest BCUT2D eigenvalue weighted by Crippen LogP contribution is -2.10. The largest absolute Gasteiger partial charge is 0.515 e. The van der Waals surface area contributed by atoms with Crippen LogP contribution in [0, 0.1) is 5.41 Å². The molecule has 0 amide bonds. The van der Waals surface area contributed by atoms with E-state index in [0.29, 0.717) is 12.0 Å². The van der Waals surface area contributed by atoms with Crippen LogP contribution in [0.15, 0.2) is 11.8 Å². The Morgan fingerprint density at radius 2 is 1.91 bits per heavy atom. The van der Waals surface area contributed by atoms with Crippen LogP contribution in [0.2, 0.25) is 0 Å². The maximum Gasteiger partial charge on any atom is 0.158 e. The van der Waals surface area contributed by atoms with Gasteiger partial charge in [-0.05, 0) is 18.8 Å². The number of aliphatic hydroxyl groups excluding tert-OH is 1. The van der Waals surface area contributed by atoms with Gasteiger partial charge in [0.05, 0.1) is 6.26 Å². The van der Waals surface area contributed by atoms with Gasteiger partial charge in [-0.15, -0.1) is 0 Å². The van der Waals surface area contributed by atoms with Crippen molar-refractivity contribution >= 4 is 5.78 Å². The van der Waals surface area contributed by atoms with Gasteiger partial charge in [-0.2, -0.15) is 0 Å². The van der Waals surface area contributed by atoms with Gasteiger partial charge in [-0.3, -0.25) is 4.79 Å². The van der Waals surface area contributed by atoms with Gasteiger partial charge in [0, 0.05) is 5.57 Å². The highest BCUT2D eigenvalue weighted by Crippen LogP contribution is 2.23. The fourth-order valence-electron chi connectivity index (χ4n) is 0.832. The normalized spacial score (nSPS) is 13.3. The van der Waals surface area contributed by atoms with Crippen LogP contribution in [0.1, 0.15) is 34.1 Å². The second-order valence-corrected chi connectivity index (χ2v) is 3.95. The van der Waals surface area contributed by atoms with E-state index < -0.39 is 0 Å². The maximum atomic E-state index is 10.8. The maximum absolute atomic E-state index is 10.8. The lowest BCUT2D eigenvalue weighted by molar-refractivity contribution is -0.114. The van der Waals surface area contributed by atoms with Crippen molar-refractivity contribution in [2.75, 3.05) is 0 Å². The summed E-state index contributed by atoms with van der Waals surface area (Å²) in [5.41, 5.74) is 0.553. The molecule has 0 aromatic carbocycles. The minimum Gasteiger partial charge on any atom is -0.515 e. The van der Waals surface area contributed by atoms with Gasteiger partial charge in [-0.1, -0.05) is 20.8 Å². The average molecular weight is 156 g/mol. The summed E-state index contributed by atoms with van der Waals surface area (Å²) < 4.78 is 0. The van der Waals surface area contributed by atoms with Crippen LogP contribution < -0.4 is 0 Å². The highest BCUT2D eigenvalue weighted by molar-refractivity contribution is 5.92. The zero-order valence-electron chi connectivity index (χ0n) is 7.64. The first-order chi connectivity index (χ1) is 4.87. The molecule has 0 bridgehead atoms. The number of Topliss-reactive ketones (excluding diaryl/α,β-unsaturated/α-hetero) is 1. The Morgan fingerprint density at radius 1 is 1.45 bits per heavy atom. The molecular formula is C9H16O2. The number of rotatable bonds is 2. The number of hydrogen-bond acceptors (Lipinski definition) is 2. The van der Waals surface area contributed by atoms with E-state index in [-0.39, 0.29) is 11.2 Å². The Morgan fingerprint density at radius 3 is 2.00 bits per heavy atom. The van der Waals surface area contributed by atoms with Crippen molar-refractivity contribution in [3.8, 4) is 0 Å². The standard InChI is InChI=1S/C9H16O2/c1-7(11)8(6-10)5-9(2,3)4/h6,10H,5H2,1-4H3/b8-6-. The van der Waals surface area contributed by atoms with Crippen LogP contribution in [0.5, 0.6) is 0 Å². The second-order valence-electron chi connectivity index (χ2n) is 3.95. The van der Waals surface area contributed by atoms with E-state index in [2.05, 4.69) is 0 Å². The Labute approximate surface area is 67.9 Å². The molecule has 0 aromatic rings. The van der Waals surface area contributed by atoms with E-state index >= 15 is 0 Å². The van der Waals surface area contributed by atoms with Crippen molar-refractivity contribution in [1.29, 1.82) is 0 Å². The summed E-state index contributed by atoms with van der Waals surface area (Å²) in [6.45, 7) is 7.55. The minimum absolute atomic E-state index is 0.0533. The molecule has 0 radical (unpaired) electrons. The van der Waals surface area contributed by atoms with E-state index in [0.717, 1.165) is 6.26 Å². The Bertz CT molecular complexity index is 172. The van der Waals surface area contributed by atoms with E-state index in [1.54, 1.807) is 0 Å². The molecule has 0 fully saturated rings. The van der Waals surface area contributed by atoms with Crippen molar-refractivity contribution in [1.82, 2.24) is 0 Å². The van der Waals surface area contributed by atoms with Crippen LogP contribution in [0.25, 0.3) is 0 Å². The average Bonchev–Trinajstić information content (AvgIpc) is 1.80. The summed E-state index contributed by atoms with van der Waals surface area (Å²) in [6.07, 6.45) is 1.53. The number of carbonyl (C=O) groups is 1. The van der Waals surface area contributed by atoms with Gasteiger partial charge in [0.15, 0.2) is 5.78 Å². The monoisotopic (exact) mass is 156 g/mol. The number of ketones is 1. The molecule has 0 aliphatic carbocycles. The predicted molar refractivity (Wildman–Crippen MR) is 45.5 cm³/mol. The molecule has 0 atom stereocenters. The number of allylic oxidation sites excluding steroid dienone is 1. The van der Waals surface area contributed by atoms with Crippen molar-refractivity contribution in [3.05, 3.63) is 11.8 Å². The smallest absolute Gasteiger partial charge is 0.158 e. The molecule has 2 nitrogen and oxygen atoms in total. The number of hydrogen-bond donors (Lipinski definition) is 1. The first-order valence-corrected chi connectivity index (χ1v) is 3.71. The molecule has 0 saturated heterocycles. The summed E-state index contributed by atoms with van der Waals surface area (Å²) in [5.74, 6) is -0.0533. The molecule has 11 heavy (non-hydrogen) atoms. The highest BCUT2D eigenvalue weighted by atomic mass is 16.2. The lowest BCUT2D eigenvalue weighted by Gasteiger charge is -2.17. The highest BCUT2D eigenvalue weighted by Gasteiger charge is 2.15. The molecule has 0 aliphatic rings. The van der Waals surface area contributed by atoms with Crippen LogP contribution >= 0.6 is 0 Å². The summed E-state index contributed by atoms with van der Waals surface area (Å²) in [4.78, 5) is 10.8. The summed E-state index contributed by atoms with van der Waals surface area (Å²) in [7, 11) is 0. The quantitative estimate of drug-likeness (QED) is 0.492. The van der Waals surface area contributed by atoms with Crippen LogP contribution in [-0.2, 0) is 4.79 Å². The van der Waals surface area contributed by atoms with Crippen molar-refractivity contribution in [3.63, 3.8) is 0 Å². The zero-order chi connectivity index (χ0) is 9.07. The molecule has 0 rings (SSSR count). The van der Waals surface area contributed by atoms with Gasteiger partial charge in [0.2, 0.25) is 0 Å². The second kappa shape index (κ2) is 3.56. The van der Waals surface area contributed by atoms with Gasteiger partial charge >= 0.3 is 0 Å². The Balaban J connectivity index is 4.24. The minimum atomic E-state index is -0.0533. The summed E-state index contributed by atoms with van der Waals surface area (Å²) in [5, 5.41) is 8.68. The predicted octanol–water partition coefficient (Wildman–Crippen LogP) is 2.45. The zero-order valence-corrected chi connectivity index (χ0v) is 7.64. The molecule has 2 heteroatoms. The molecular weight excluding hydrogens is 140 g/mol. The number of aliphatic hydroxyl groups is 1. The summed E-state index contributed by atoms with van der Waals surface area (Å²) >= 11 is 0. The molecule has 0 aliphatic heterocycles. The third-order valence-electron chi connectivity index (χ3n) is 1.33. The molecule has 0 spiro atoms. The third-order valence-corrected chi connectivity index (χ3v) is 1.33. The summed E-state index contributed by atoms with van der Waals surface area (Å²) in [6, 6.07) is 0. The van der Waals surface area contributed by atoms with E-state index in [1.807, 2.05) is 20.8 Å². The van der Waals surface area contributed by atoms with Crippen LogP contribution in [-0.4, -0.2) is 10.9 Å². The molecule has 64 valence electrons. The lowest BCUT2D eigenvalue weighted by atomic mass is 9.87. The van der Waals surface area contributed by atoms with Crippen LogP contribution in [0.4, 0.5) is 0 Å². The fourth-order valence-corrected chi connectivity index (χ4v) is 0.832. The molecule has 0 aromatic heterocycles. The molecule has 0 heterocycles. The van der Waals surface area contributed by atoms with Crippen molar-refractivity contribution < 1.29 is 9.90 Å². The topological polar surface area (TPSA) is 37.3 Å². The fraction of sp³-hybridized carbons (Fsp3) is 0.667. The Hall–Kier alpha value is -0.790. The van der Waals surface area contributed by atoms with E-state index in [1.165, 1.54) is 6.92 Å². The first-order valence-electron chi connectivity index (χ1n) is 3.71. The van der Waals surface area contributed by atoms with Crippen molar-refractivity contribution in [2.45, 2.75) is 34.1 Å². The Kier molecular flexibility index (Phi) is 3.30. The third kappa shape index (κ3) is 4.59. The van der Waals surface area contributed by atoms with Crippen LogP contribution in [0.3, 0.4) is 0 Å². The molecule has 1 N–H and O–H groups in total. The van der Waals surface area contributed by atoms with Gasteiger partial charge in [0.25, 0.3) is 0 Å². The van der Waals surface area contributed by atoms with Gasteiger partial charge in [-0.25, -0.2) is 0 Å². The first kappa shape index (κ1) is 10.2. The molecule has 0 saturated carbocycles. The van der Waals surface area contributed by atoms with E-state index in [9.17, 15) is 4.79 Å². The van der Waals surface area contributed by atoms with E-state index in [4.69, 9.17) is 5.11 Å². The SMILES string of the molecule is CC(=O)/C(=C\O)CC(C)(C)C. The van der Waals surface area contributed by atoms with Gasteiger partial charge < -0.3 is 5.11 Å². The van der Waals surface area contributed by atoms with Crippen molar-refractivity contribution in [2.24, 2.45) is 5.41 Å². The number of carbonyl (C=O) groups excluding carboxylic acids is 1.